The predicted octanol–water partition coefficient (Wildman–Crippen LogP) is 4.77. The van der Waals surface area contributed by atoms with Crippen LogP contribution in [0.4, 0.5) is 13.2 Å². The van der Waals surface area contributed by atoms with Gasteiger partial charge in [0.25, 0.3) is 0 Å². The van der Waals surface area contributed by atoms with Crippen molar-refractivity contribution in [3.8, 4) is 11.5 Å². The molecule has 0 N–H and O–H groups in total. The first-order valence-corrected chi connectivity index (χ1v) is 10.6. The van der Waals surface area contributed by atoms with Crippen molar-refractivity contribution in [1.82, 2.24) is 0 Å². The molecule has 0 atom stereocenters. The lowest BCUT2D eigenvalue weighted by Crippen LogP contribution is -2.22. The lowest BCUT2D eigenvalue weighted by molar-refractivity contribution is -0.255. The molecule has 0 spiro atoms. The fourth-order valence-electron chi connectivity index (χ4n) is 1.61. The molecule has 3 nitrogen and oxygen atoms in total. The maximum atomic E-state index is 12.5. The number of carbonyl (C=O) groups is 1. The molecule has 0 aliphatic heterocycles. The zero-order chi connectivity index (χ0) is 20.1. The molecule has 0 radical (unpaired) electrons. The van der Waals surface area contributed by atoms with E-state index < -0.39 is 17.7 Å². The summed E-state index contributed by atoms with van der Waals surface area (Å²) in [5, 5.41) is 10.7. The molecule has 2 aromatic rings. The number of carboxylic acid groups (broad SMARTS) is 1. The molecule has 142 valence electrons. The van der Waals surface area contributed by atoms with Crippen molar-refractivity contribution in [2.45, 2.75) is 6.18 Å². The lowest BCUT2D eigenvalue weighted by atomic mass is 10.2. The minimum atomic E-state index is -4.51. The Morgan fingerprint density at radius 3 is 2.19 bits per heavy atom. The third-order valence-corrected chi connectivity index (χ3v) is 3.63. The van der Waals surface area contributed by atoms with Gasteiger partial charge in [-0.25, -0.2) is 0 Å². The molecule has 0 aliphatic rings. The highest BCUT2D eigenvalue weighted by molar-refractivity contribution is 9.10. The van der Waals surface area contributed by atoms with Gasteiger partial charge >= 0.3 is 6.18 Å². The number of alkyl halides is 3. The normalized spacial score (nSPS) is 11.0. The van der Waals surface area contributed by atoms with Crippen molar-refractivity contribution in [3.05, 3.63) is 57.0 Å². The van der Waals surface area contributed by atoms with Gasteiger partial charge in [0.05, 0.1) is 35.3 Å². The van der Waals surface area contributed by atoms with Gasteiger partial charge in [-0.15, -0.1) is 0 Å². The second-order valence-electron chi connectivity index (χ2n) is 5.40. The zero-order valence-electron chi connectivity index (χ0n) is 14.0. The Bertz CT molecular complexity index is 780. The highest BCUT2D eigenvalue weighted by Gasteiger charge is 2.31. The average Bonchev–Trinajstić information content (AvgIpc) is 2.49. The molecule has 0 fully saturated rings. The molecule has 0 saturated carbocycles. The third kappa shape index (κ3) is 7.09. The highest BCUT2D eigenvalue weighted by Crippen LogP contribution is 2.36. The van der Waals surface area contributed by atoms with Crippen molar-refractivity contribution >= 4 is 44.4 Å². The molecule has 0 saturated heterocycles. The van der Waals surface area contributed by atoms with Gasteiger partial charge in [-0.2, -0.15) is 13.2 Å². The van der Waals surface area contributed by atoms with Gasteiger partial charge in [0.2, 0.25) is 0 Å². The van der Waals surface area contributed by atoms with Gasteiger partial charge in [0.1, 0.15) is 11.5 Å². The Labute approximate surface area is 165 Å². The Morgan fingerprint density at radius 1 is 1.15 bits per heavy atom. The van der Waals surface area contributed by atoms with Gasteiger partial charge < -0.3 is 14.6 Å². The van der Waals surface area contributed by atoms with Crippen molar-refractivity contribution in [2.75, 3.05) is 18.8 Å². The number of rotatable bonds is 3. The molecule has 0 aliphatic carbocycles. The number of halogens is 5. The van der Waals surface area contributed by atoms with Crippen LogP contribution in [0.3, 0.4) is 0 Å². The Hall–Kier alpha value is -1.38. The fraction of sp³-hybridized carbons (Fsp3) is 0.235. The summed E-state index contributed by atoms with van der Waals surface area (Å²) in [5.41, 5.74) is -1.06. The van der Waals surface area contributed by atoms with Crippen molar-refractivity contribution in [1.29, 1.82) is 0 Å². The monoisotopic (exact) mass is 470 g/mol. The Balaban J connectivity index is 0.000000765. The maximum Gasteiger partial charge on any atom is 0.416 e. The Morgan fingerprint density at radius 2 is 1.73 bits per heavy atom. The van der Waals surface area contributed by atoms with E-state index >= 15 is 0 Å². The maximum absolute atomic E-state index is 12.5. The van der Waals surface area contributed by atoms with E-state index in [1.807, 2.05) is 0 Å². The van der Waals surface area contributed by atoms with Crippen LogP contribution in [-0.4, -0.2) is 24.7 Å². The molecule has 2 aromatic carbocycles. The largest absolute Gasteiger partial charge is 0.545 e. The Kier molecular flexibility index (Phi) is 8.30. The fourth-order valence-corrected chi connectivity index (χ4v) is 2.24. The van der Waals surface area contributed by atoms with Gasteiger partial charge in [0, 0.05) is 10.0 Å². The van der Waals surface area contributed by atoms with Crippen LogP contribution >= 0.6 is 27.5 Å². The first-order chi connectivity index (χ1) is 11.9. The second kappa shape index (κ2) is 9.53. The molecule has 0 aromatic heterocycles. The van der Waals surface area contributed by atoms with Crippen LogP contribution in [0, 0.1) is 0 Å². The molecule has 26 heavy (non-hydrogen) atoms. The van der Waals surface area contributed by atoms with Crippen LogP contribution in [0.25, 0.3) is 0 Å². The minimum absolute atomic E-state index is 0.0266. The van der Waals surface area contributed by atoms with Crippen molar-refractivity contribution < 1.29 is 27.8 Å². The van der Waals surface area contributed by atoms with E-state index in [0.717, 1.165) is 18.2 Å². The third-order valence-electron chi connectivity index (χ3n) is 2.64. The number of hydrogen-bond donors (Lipinski definition) is 0. The van der Waals surface area contributed by atoms with E-state index in [-0.39, 0.29) is 22.1 Å². The van der Waals surface area contributed by atoms with Gasteiger partial charge in [-0.1, -0.05) is 27.5 Å². The molecule has 0 bridgehead atoms. The number of carbonyl (C=O) groups excluding carboxylic acids is 1. The SMILES string of the molecule is C[S+](C)C.O=C([O-])c1cc(Oc2ccc(C(F)(F)F)cc2Cl)ccc1Br. The predicted molar refractivity (Wildman–Crippen MR) is 100 cm³/mol. The van der Waals surface area contributed by atoms with E-state index in [1.54, 1.807) is 0 Å². The molecule has 9 heteroatoms. The van der Waals surface area contributed by atoms with Gasteiger partial charge in [-0.05, 0) is 47.3 Å². The van der Waals surface area contributed by atoms with Crippen LogP contribution < -0.4 is 9.84 Å². The van der Waals surface area contributed by atoms with E-state index in [9.17, 15) is 23.1 Å². The van der Waals surface area contributed by atoms with Crippen molar-refractivity contribution in [3.63, 3.8) is 0 Å². The summed E-state index contributed by atoms with van der Waals surface area (Å²) in [7, 11) is 0.639. The van der Waals surface area contributed by atoms with Crippen LogP contribution in [0.15, 0.2) is 40.9 Å². The van der Waals surface area contributed by atoms with Crippen molar-refractivity contribution in [2.24, 2.45) is 0 Å². The summed E-state index contributed by atoms with van der Waals surface area (Å²) in [5.74, 6) is -1.35. The number of ether oxygens (including phenoxy) is 1. The molecular formula is C17H15BrClF3O3S. The minimum Gasteiger partial charge on any atom is -0.545 e. The molecule has 2 rings (SSSR count). The molecule has 0 amide bonds. The van der Waals surface area contributed by atoms with E-state index in [0.29, 0.717) is 15.4 Å². The first kappa shape index (κ1) is 22.7. The average molecular weight is 472 g/mol. The number of benzene rings is 2. The van der Waals surface area contributed by atoms with Crippen LogP contribution in [0.1, 0.15) is 15.9 Å². The van der Waals surface area contributed by atoms with Crippen LogP contribution in [-0.2, 0) is 17.1 Å². The second-order valence-corrected chi connectivity index (χ2v) is 9.11. The lowest BCUT2D eigenvalue weighted by Gasteiger charge is -2.13. The summed E-state index contributed by atoms with van der Waals surface area (Å²) < 4.78 is 43.2. The van der Waals surface area contributed by atoms with Crippen LogP contribution in [0.2, 0.25) is 5.02 Å². The summed E-state index contributed by atoms with van der Waals surface area (Å²) in [6.45, 7) is 0. The standard InChI is InChI=1S/C14H7BrClF3O3.C3H9S/c15-10-3-2-8(6-9(10)13(20)21)22-12-4-1-7(5-11(12)16)14(17,18)19;1-4(2)3/h1-6H,(H,20,21);1-3H3/q;+1/p-1. The van der Waals surface area contributed by atoms with E-state index in [1.165, 1.54) is 18.2 Å². The zero-order valence-corrected chi connectivity index (χ0v) is 17.1. The summed E-state index contributed by atoms with van der Waals surface area (Å²) in [6.07, 6.45) is 2.07. The molecule has 0 heterocycles. The number of aromatic carboxylic acids is 1. The molecule has 0 unspecified atom stereocenters. The van der Waals surface area contributed by atoms with E-state index in [2.05, 4.69) is 34.7 Å². The molecular weight excluding hydrogens is 457 g/mol. The van der Waals surface area contributed by atoms with Gasteiger partial charge in [0.15, 0.2) is 0 Å². The summed E-state index contributed by atoms with van der Waals surface area (Å²) in [4.78, 5) is 10.9. The highest BCUT2D eigenvalue weighted by atomic mass is 79.9. The smallest absolute Gasteiger partial charge is 0.416 e. The topological polar surface area (TPSA) is 49.4 Å². The summed E-state index contributed by atoms with van der Waals surface area (Å²) >= 11 is 8.79. The quantitative estimate of drug-likeness (QED) is 0.606. The van der Waals surface area contributed by atoms with Gasteiger partial charge in [-0.3, -0.25) is 0 Å². The van der Waals surface area contributed by atoms with E-state index in [4.69, 9.17) is 16.3 Å². The summed E-state index contributed by atoms with van der Waals surface area (Å²) in [6, 6.07) is 6.64. The number of carboxylic acids is 1. The number of hydrogen-bond acceptors (Lipinski definition) is 3. The van der Waals surface area contributed by atoms with Crippen LogP contribution in [0.5, 0.6) is 11.5 Å². The first-order valence-electron chi connectivity index (χ1n) is 6.96.